The zero-order valence-electron chi connectivity index (χ0n) is 12.8. The Hall–Kier alpha value is -1.95. The normalized spacial score (nSPS) is 13.0. The molecule has 0 saturated heterocycles. The van der Waals surface area contributed by atoms with Gasteiger partial charge in [0.1, 0.15) is 11.6 Å². The van der Waals surface area contributed by atoms with Crippen LogP contribution in [0, 0.1) is 0 Å². The van der Waals surface area contributed by atoms with Crippen LogP contribution in [0.15, 0.2) is 24.3 Å². The molecule has 0 bridgehead atoms. The number of carbonyl (C=O) groups is 1. The standard InChI is InChI=1S/C16H19N3O2S/c1-3-4-15(20)17-16-13-9-22-10-14(13)18-19(16)11-5-7-12(21-2)8-6-11/h5-8H,3-4,9-10H2,1-2H3,(H,17,20). The minimum absolute atomic E-state index is 0.0388. The maximum atomic E-state index is 12.0. The lowest BCUT2D eigenvalue weighted by Gasteiger charge is -2.11. The van der Waals surface area contributed by atoms with E-state index in [1.165, 1.54) is 0 Å². The lowest BCUT2D eigenvalue weighted by atomic mass is 10.2. The predicted molar refractivity (Wildman–Crippen MR) is 88.7 cm³/mol. The Bertz CT molecular complexity index is 679. The van der Waals surface area contributed by atoms with Crippen molar-refractivity contribution in [2.75, 3.05) is 12.4 Å². The first-order valence-electron chi connectivity index (χ1n) is 7.35. The molecule has 0 atom stereocenters. The van der Waals surface area contributed by atoms with Crippen LogP contribution in [0.4, 0.5) is 5.82 Å². The van der Waals surface area contributed by atoms with Crippen molar-refractivity contribution in [1.82, 2.24) is 9.78 Å². The summed E-state index contributed by atoms with van der Waals surface area (Å²) in [6.07, 6.45) is 1.36. The summed E-state index contributed by atoms with van der Waals surface area (Å²) in [6, 6.07) is 7.69. The second kappa shape index (κ2) is 6.44. The van der Waals surface area contributed by atoms with Crippen LogP contribution in [0.5, 0.6) is 5.75 Å². The average Bonchev–Trinajstić information content (AvgIpc) is 3.10. The van der Waals surface area contributed by atoms with Gasteiger partial charge in [0.2, 0.25) is 5.91 Å². The summed E-state index contributed by atoms with van der Waals surface area (Å²) in [5.74, 6) is 3.44. The van der Waals surface area contributed by atoms with Gasteiger partial charge in [-0.1, -0.05) is 6.92 Å². The maximum absolute atomic E-state index is 12.0. The number of amides is 1. The monoisotopic (exact) mass is 317 g/mol. The predicted octanol–water partition coefficient (Wildman–Crippen LogP) is 3.37. The molecule has 116 valence electrons. The second-order valence-electron chi connectivity index (χ2n) is 5.17. The molecule has 1 aromatic carbocycles. The van der Waals surface area contributed by atoms with E-state index >= 15 is 0 Å². The zero-order valence-corrected chi connectivity index (χ0v) is 13.6. The van der Waals surface area contributed by atoms with Crippen LogP contribution in [0.1, 0.15) is 31.0 Å². The smallest absolute Gasteiger partial charge is 0.225 e. The number of ether oxygens (including phenoxy) is 1. The summed E-state index contributed by atoms with van der Waals surface area (Å²) in [5.41, 5.74) is 3.13. The lowest BCUT2D eigenvalue weighted by Crippen LogP contribution is -2.15. The fourth-order valence-electron chi connectivity index (χ4n) is 2.47. The van der Waals surface area contributed by atoms with Crippen LogP contribution in [0.3, 0.4) is 0 Å². The highest BCUT2D eigenvalue weighted by atomic mass is 32.2. The molecule has 6 heteroatoms. The third-order valence-electron chi connectivity index (χ3n) is 3.60. The first-order chi connectivity index (χ1) is 10.7. The van der Waals surface area contributed by atoms with Gasteiger partial charge in [-0.15, -0.1) is 0 Å². The van der Waals surface area contributed by atoms with Gasteiger partial charge in [-0.3, -0.25) is 4.79 Å². The Morgan fingerprint density at radius 3 is 2.82 bits per heavy atom. The van der Waals surface area contributed by atoms with Gasteiger partial charge in [0.25, 0.3) is 0 Å². The molecule has 3 rings (SSSR count). The molecule has 0 fully saturated rings. The van der Waals surface area contributed by atoms with E-state index in [0.29, 0.717) is 6.42 Å². The molecule has 1 N–H and O–H groups in total. The van der Waals surface area contributed by atoms with Gasteiger partial charge in [0.05, 0.1) is 18.5 Å². The van der Waals surface area contributed by atoms with Gasteiger partial charge in [0.15, 0.2) is 0 Å². The number of fused-ring (bicyclic) bond motifs is 1. The number of thioether (sulfide) groups is 1. The lowest BCUT2D eigenvalue weighted by molar-refractivity contribution is -0.116. The fraction of sp³-hybridized carbons (Fsp3) is 0.375. The van der Waals surface area contributed by atoms with E-state index in [1.807, 2.05) is 47.6 Å². The number of anilines is 1. The Kier molecular flexibility index (Phi) is 4.38. The molecule has 1 aromatic heterocycles. The Labute approximate surface area is 134 Å². The summed E-state index contributed by atoms with van der Waals surface area (Å²) in [4.78, 5) is 12.0. The van der Waals surface area contributed by atoms with Crippen molar-refractivity contribution in [2.45, 2.75) is 31.3 Å². The van der Waals surface area contributed by atoms with E-state index in [2.05, 4.69) is 10.4 Å². The number of hydrogen-bond donors (Lipinski definition) is 1. The van der Waals surface area contributed by atoms with Crippen LogP contribution >= 0.6 is 11.8 Å². The molecule has 2 heterocycles. The van der Waals surface area contributed by atoms with Crippen LogP contribution in [0.25, 0.3) is 5.69 Å². The number of rotatable bonds is 5. The highest BCUT2D eigenvalue weighted by Gasteiger charge is 2.24. The maximum Gasteiger partial charge on any atom is 0.225 e. The van der Waals surface area contributed by atoms with Crippen LogP contribution in [0.2, 0.25) is 0 Å². The van der Waals surface area contributed by atoms with Gasteiger partial charge < -0.3 is 10.1 Å². The summed E-state index contributed by atoms with van der Waals surface area (Å²) >= 11 is 1.83. The first-order valence-corrected chi connectivity index (χ1v) is 8.51. The first kappa shape index (κ1) is 15.0. The minimum atomic E-state index is 0.0388. The van der Waals surface area contributed by atoms with Crippen molar-refractivity contribution in [1.29, 1.82) is 0 Å². The topological polar surface area (TPSA) is 56.2 Å². The van der Waals surface area contributed by atoms with Gasteiger partial charge in [-0.2, -0.15) is 16.9 Å². The van der Waals surface area contributed by atoms with Crippen molar-refractivity contribution in [3.8, 4) is 11.4 Å². The molecule has 0 spiro atoms. The summed E-state index contributed by atoms with van der Waals surface area (Å²) in [5, 5.41) is 7.71. The molecular weight excluding hydrogens is 298 g/mol. The third-order valence-corrected chi connectivity index (χ3v) is 4.57. The number of carbonyl (C=O) groups excluding carboxylic acids is 1. The van der Waals surface area contributed by atoms with E-state index < -0.39 is 0 Å². The quantitative estimate of drug-likeness (QED) is 0.918. The highest BCUT2D eigenvalue weighted by Crippen LogP contribution is 2.36. The molecule has 1 aliphatic heterocycles. The Morgan fingerprint density at radius 1 is 1.36 bits per heavy atom. The number of aromatic nitrogens is 2. The van der Waals surface area contributed by atoms with E-state index in [0.717, 1.165) is 46.4 Å². The van der Waals surface area contributed by atoms with Crippen LogP contribution < -0.4 is 10.1 Å². The number of methoxy groups -OCH3 is 1. The van der Waals surface area contributed by atoms with E-state index in [4.69, 9.17) is 4.74 Å². The SMILES string of the molecule is CCCC(=O)Nc1c2c(nn1-c1ccc(OC)cc1)CSC2. The highest BCUT2D eigenvalue weighted by molar-refractivity contribution is 7.98. The molecule has 2 aromatic rings. The summed E-state index contributed by atoms with van der Waals surface area (Å²) in [6.45, 7) is 2.00. The molecule has 0 aliphatic carbocycles. The van der Waals surface area contributed by atoms with Crippen molar-refractivity contribution in [3.05, 3.63) is 35.5 Å². The summed E-state index contributed by atoms with van der Waals surface area (Å²) in [7, 11) is 1.64. The van der Waals surface area contributed by atoms with E-state index in [1.54, 1.807) is 7.11 Å². The van der Waals surface area contributed by atoms with E-state index in [-0.39, 0.29) is 5.91 Å². The van der Waals surface area contributed by atoms with Gasteiger partial charge >= 0.3 is 0 Å². The van der Waals surface area contributed by atoms with Gasteiger partial charge in [-0.25, -0.2) is 4.68 Å². The van der Waals surface area contributed by atoms with E-state index in [9.17, 15) is 4.79 Å². The second-order valence-corrected chi connectivity index (χ2v) is 6.16. The molecule has 5 nitrogen and oxygen atoms in total. The van der Waals surface area contributed by atoms with Crippen molar-refractivity contribution < 1.29 is 9.53 Å². The third kappa shape index (κ3) is 2.83. The van der Waals surface area contributed by atoms with Gasteiger partial charge in [-0.05, 0) is 30.7 Å². The number of nitrogens with one attached hydrogen (secondary N) is 1. The number of benzene rings is 1. The molecule has 0 unspecified atom stereocenters. The van der Waals surface area contributed by atoms with Crippen LogP contribution in [-0.4, -0.2) is 22.8 Å². The van der Waals surface area contributed by atoms with Crippen molar-refractivity contribution in [2.24, 2.45) is 0 Å². The molecular formula is C16H19N3O2S. The zero-order chi connectivity index (χ0) is 15.5. The molecule has 0 saturated carbocycles. The minimum Gasteiger partial charge on any atom is -0.497 e. The van der Waals surface area contributed by atoms with Crippen LogP contribution in [-0.2, 0) is 16.3 Å². The number of hydrogen-bond acceptors (Lipinski definition) is 4. The molecule has 22 heavy (non-hydrogen) atoms. The van der Waals surface area contributed by atoms with Crippen molar-refractivity contribution >= 4 is 23.5 Å². The summed E-state index contributed by atoms with van der Waals surface area (Å²) < 4.78 is 7.02. The average molecular weight is 317 g/mol. The fourth-order valence-corrected chi connectivity index (χ4v) is 3.51. The molecule has 0 radical (unpaired) electrons. The Balaban J connectivity index is 1.97. The Morgan fingerprint density at radius 2 is 2.14 bits per heavy atom. The number of nitrogens with zero attached hydrogens (tertiary/aromatic N) is 2. The largest absolute Gasteiger partial charge is 0.497 e. The van der Waals surface area contributed by atoms with Gasteiger partial charge in [0, 0.05) is 23.5 Å². The molecule has 1 aliphatic rings. The molecule has 1 amide bonds. The van der Waals surface area contributed by atoms with Crippen molar-refractivity contribution in [3.63, 3.8) is 0 Å².